The molecule has 0 spiro atoms. The third-order valence-corrected chi connectivity index (χ3v) is 8.04. The van der Waals surface area contributed by atoms with Crippen LogP contribution in [0, 0.1) is 18.3 Å². The van der Waals surface area contributed by atoms with Gasteiger partial charge < -0.3 is 5.32 Å². The normalized spacial score (nSPS) is 12.2. The first kappa shape index (κ1) is 25.2. The Bertz CT molecular complexity index is 1540. The van der Waals surface area contributed by atoms with Gasteiger partial charge in [0, 0.05) is 12.7 Å². The minimum absolute atomic E-state index is 0.196. The van der Waals surface area contributed by atoms with E-state index in [2.05, 4.69) is 20.6 Å². The SMILES string of the molecule is Cc1ccc(S(=O)(=O)Cc2nnc(SC(C)C(=O)Nc3c(C#N)cnn3C)n2-c2ccccc2)cc1. The molecular formula is C24H23N7O3S2. The van der Waals surface area contributed by atoms with Crippen LogP contribution >= 0.6 is 11.8 Å². The second-order valence-corrected chi connectivity index (χ2v) is 11.3. The first-order chi connectivity index (χ1) is 17.2. The molecule has 0 radical (unpaired) electrons. The number of thioether (sulfide) groups is 1. The van der Waals surface area contributed by atoms with E-state index in [0.717, 1.165) is 17.3 Å². The lowest BCUT2D eigenvalue weighted by Crippen LogP contribution is -2.24. The minimum Gasteiger partial charge on any atom is -0.309 e. The summed E-state index contributed by atoms with van der Waals surface area (Å²) in [6.07, 6.45) is 1.38. The van der Waals surface area contributed by atoms with Gasteiger partial charge in [0.15, 0.2) is 20.8 Å². The highest BCUT2D eigenvalue weighted by atomic mass is 32.2. The number of nitrogens with one attached hydrogen (secondary N) is 1. The Kier molecular flexibility index (Phi) is 7.23. The van der Waals surface area contributed by atoms with Crippen LogP contribution in [0.5, 0.6) is 0 Å². The predicted octanol–water partition coefficient (Wildman–Crippen LogP) is 3.27. The molecule has 1 atom stereocenters. The lowest BCUT2D eigenvalue weighted by Gasteiger charge is -2.14. The van der Waals surface area contributed by atoms with E-state index in [4.69, 9.17) is 0 Å². The van der Waals surface area contributed by atoms with Crippen molar-refractivity contribution in [2.45, 2.75) is 34.9 Å². The summed E-state index contributed by atoms with van der Waals surface area (Å²) in [5.41, 5.74) is 1.88. The number of rotatable bonds is 8. The van der Waals surface area contributed by atoms with E-state index in [9.17, 15) is 18.5 Å². The summed E-state index contributed by atoms with van der Waals surface area (Å²) in [6, 6.07) is 17.8. The molecule has 2 heterocycles. The number of benzene rings is 2. The van der Waals surface area contributed by atoms with Crippen LogP contribution < -0.4 is 5.32 Å². The molecule has 0 aliphatic rings. The second-order valence-electron chi connectivity index (χ2n) is 8.03. The fourth-order valence-corrected chi connectivity index (χ4v) is 5.53. The first-order valence-electron chi connectivity index (χ1n) is 10.9. The average molecular weight is 522 g/mol. The molecule has 4 rings (SSSR count). The monoisotopic (exact) mass is 521 g/mol. The average Bonchev–Trinajstić information content (AvgIpc) is 3.41. The van der Waals surface area contributed by atoms with E-state index in [-0.39, 0.29) is 27.9 Å². The van der Waals surface area contributed by atoms with Crippen LogP contribution in [0.2, 0.25) is 0 Å². The first-order valence-corrected chi connectivity index (χ1v) is 13.4. The van der Waals surface area contributed by atoms with Gasteiger partial charge in [-0.15, -0.1) is 10.2 Å². The van der Waals surface area contributed by atoms with E-state index in [1.165, 1.54) is 10.9 Å². The smallest absolute Gasteiger partial charge is 0.238 e. The van der Waals surface area contributed by atoms with E-state index in [1.807, 2.05) is 43.3 Å². The van der Waals surface area contributed by atoms with Crippen LogP contribution in [0.1, 0.15) is 23.9 Å². The van der Waals surface area contributed by atoms with Gasteiger partial charge in [0.05, 0.1) is 16.3 Å². The van der Waals surface area contributed by atoms with Crippen molar-refractivity contribution < 1.29 is 13.2 Å². The molecule has 12 heteroatoms. The fourth-order valence-electron chi connectivity index (χ4n) is 3.40. The van der Waals surface area contributed by atoms with Crippen molar-refractivity contribution in [2.24, 2.45) is 7.05 Å². The third-order valence-electron chi connectivity index (χ3n) is 5.37. The van der Waals surface area contributed by atoms with Gasteiger partial charge >= 0.3 is 0 Å². The van der Waals surface area contributed by atoms with Crippen LogP contribution in [0.25, 0.3) is 5.69 Å². The second kappa shape index (κ2) is 10.3. The minimum atomic E-state index is -3.69. The van der Waals surface area contributed by atoms with E-state index < -0.39 is 15.1 Å². The van der Waals surface area contributed by atoms with Crippen molar-refractivity contribution in [1.29, 1.82) is 5.26 Å². The lowest BCUT2D eigenvalue weighted by atomic mass is 10.2. The van der Waals surface area contributed by atoms with Crippen molar-refractivity contribution in [3.8, 4) is 11.8 Å². The van der Waals surface area contributed by atoms with Gasteiger partial charge in [0.2, 0.25) is 5.91 Å². The quantitative estimate of drug-likeness (QED) is 0.349. The molecule has 184 valence electrons. The summed E-state index contributed by atoms with van der Waals surface area (Å²) in [4.78, 5) is 13.1. The number of sulfone groups is 1. The standard InChI is InChI=1S/C24H23N7O3S2/c1-16-9-11-20(12-10-16)36(33,34)15-21-28-29-24(31(21)19-7-5-4-6-8-19)35-17(2)23(32)27-22-18(13-25)14-26-30(22)3/h4-12,14,17H,15H2,1-3H3,(H,27,32). The number of amides is 1. The Morgan fingerprint density at radius 2 is 1.83 bits per heavy atom. The molecule has 0 bridgehead atoms. The molecule has 0 fully saturated rings. The molecule has 0 aliphatic heterocycles. The number of para-hydroxylation sites is 1. The van der Waals surface area contributed by atoms with Crippen molar-refractivity contribution in [3.63, 3.8) is 0 Å². The number of hydrogen-bond donors (Lipinski definition) is 1. The van der Waals surface area contributed by atoms with Crippen molar-refractivity contribution in [3.05, 3.63) is 77.7 Å². The van der Waals surface area contributed by atoms with Gasteiger partial charge in [-0.05, 0) is 38.1 Å². The number of carbonyl (C=O) groups is 1. The lowest BCUT2D eigenvalue weighted by molar-refractivity contribution is -0.115. The van der Waals surface area contributed by atoms with Crippen LogP contribution in [0.15, 0.2) is 70.8 Å². The van der Waals surface area contributed by atoms with Gasteiger partial charge in [-0.1, -0.05) is 47.7 Å². The van der Waals surface area contributed by atoms with Gasteiger partial charge in [0.1, 0.15) is 23.2 Å². The third kappa shape index (κ3) is 5.32. The zero-order chi connectivity index (χ0) is 25.9. The summed E-state index contributed by atoms with van der Waals surface area (Å²) >= 11 is 1.13. The Morgan fingerprint density at radius 1 is 1.14 bits per heavy atom. The number of hydrogen-bond acceptors (Lipinski definition) is 8. The molecule has 0 aliphatic carbocycles. The Balaban J connectivity index is 1.63. The molecule has 1 N–H and O–H groups in total. The number of nitrogens with zero attached hydrogens (tertiary/aromatic N) is 6. The molecule has 1 amide bonds. The highest BCUT2D eigenvalue weighted by molar-refractivity contribution is 8.00. The van der Waals surface area contributed by atoms with Crippen molar-refractivity contribution in [2.75, 3.05) is 5.32 Å². The molecule has 4 aromatic rings. The Morgan fingerprint density at radius 3 is 2.50 bits per heavy atom. The molecule has 0 saturated heterocycles. The zero-order valence-electron chi connectivity index (χ0n) is 19.8. The maximum Gasteiger partial charge on any atom is 0.238 e. The number of aryl methyl sites for hydroxylation is 2. The summed E-state index contributed by atoms with van der Waals surface area (Å²) in [5.74, 6) is -0.198. The number of carbonyl (C=O) groups excluding carboxylic acids is 1. The van der Waals surface area contributed by atoms with Crippen LogP contribution in [0.4, 0.5) is 5.82 Å². The molecular weight excluding hydrogens is 498 g/mol. The van der Waals surface area contributed by atoms with Gasteiger partial charge in [0.25, 0.3) is 0 Å². The highest BCUT2D eigenvalue weighted by Crippen LogP contribution is 2.28. The number of nitriles is 1. The topological polar surface area (TPSA) is 136 Å². The van der Waals surface area contributed by atoms with Gasteiger partial charge in [-0.3, -0.25) is 14.0 Å². The maximum atomic E-state index is 13.1. The molecule has 0 saturated carbocycles. The molecule has 1 unspecified atom stereocenters. The van der Waals surface area contributed by atoms with Crippen molar-refractivity contribution >= 4 is 33.3 Å². The van der Waals surface area contributed by atoms with Crippen LogP contribution in [-0.4, -0.2) is 44.1 Å². The summed E-state index contributed by atoms with van der Waals surface area (Å²) in [6.45, 7) is 3.58. The molecule has 10 nitrogen and oxygen atoms in total. The Hall–Kier alpha value is -3.95. The van der Waals surface area contributed by atoms with Gasteiger partial charge in [-0.2, -0.15) is 10.4 Å². The molecule has 36 heavy (non-hydrogen) atoms. The largest absolute Gasteiger partial charge is 0.309 e. The predicted molar refractivity (Wildman–Crippen MR) is 135 cm³/mol. The van der Waals surface area contributed by atoms with Crippen LogP contribution in [-0.2, 0) is 27.4 Å². The summed E-state index contributed by atoms with van der Waals surface area (Å²) < 4.78 is 29.3. The summed E-state index contributed by atoms with van der Waals surface area (Å²) in [7, 11) is -2.06. The van der Waals surface area contributed by atoms with Crippen LogP contribution in [0.3, 0.4) is 0 Å². The zero-order valence-corrected chi connectivity index (χ0v) is 21.4. The van der Waals surface area contributed by atoms with Gasteiger partial charge in [-0.25, -0.2) is 8.42 Å². The van der Waals surface area contributed by atoms with E-state index >= 15 is 0 Å². The summed E-state index contributed by atoms with van der Waals surface area (Å²) in [5, 5.41) is 24.1. The number of anilines is 1. The molecule has 2 aromatic heterocycles. The highest BCUT2D eigenvalue weighted by Gasteiger charge is 2.26. The van der Waals surface area contributed by atoms with E-state index in [1.54, 1.807) is 42.8 Å². The van der Waals surface area contributed by atoms with E-state index in [0.29, 0.717) is 16.7 Å². The fraction of sp³-hybridized carbons (Fsp3) is 0.208. The number of aromatic nitrogens is 5. The Labute approximate surface area is 212 Å². The maximum absolute atomic E-state index is 13.1. The van der Waals surface area contributed by atoms with Crippen molar-refractivity contribution in [1.82, 2.24) is 24.5 Å². The molecule has 2 aromatic carbocycles.